The van der Waals surface area contributed by atoms with E-state index in [0.29, 0.717) is 24.2 Å². The van der Waals surface area contributed by atoms with E-state index < -0.39 is 10.0 Å². The zero-order valence-electron chi connectivity index (χ0n) is 10.4. The monoisotopic (exact) mass is 271 g/mol. The van der Waals surface area contributed by atoms with Crippen LogP contribution in [0.15, 0.2) is 4.52 Å². The summed E-state index contributed by atoms with van der Waals surface area (Å²) in [6, 6.07) is -0.238. The minimum atomic E-state index is -3.19. The number of nitrogens with zero attached hydrogens (tertiary/aromatic N) is 3. The maximum Gasteiger partial charge on any atom is 0.229 e. The van der Waals surface area contributed by atoms with Gasteiger partial charge in [-0.25, -0.2) is 8.42 Å². The van der Waals surface area contributed by atoms with Crippen LogP contribution in [0.3, 0.4) is 0 Å². The molecule has 7 heteroatoms. The maximum absolute atomic E-state index is 11.7. The van der Waals surface area contributed by atoms with Crippen molar-refractivity contribution >= 4 is 10.0 Å². The maximum atomic E-state index is 11.7. The molecule has 1 atom stereocenters. The molecule has 3 rings (SSSR count). The molecule has 1 aromatic rings. The fourth-order valence-corrected chi connectivity index (χ4v) is 3.72. The van der Waals surface area contributed by atoms with E-state index >= 15 is 0 Å². The normalized spacial score (nSPS) is 26.4. The molecule has 0 amide bonds. The van der Waals surface area contributed by atoms with E-state index in [4.69, 9.17) is 4.52 Å². The fourth-order valence-electron chi connectivity index (χ4n) is 2.60. The van der Waals surface area contributed by atoms with Crippen LogP contribution < -0.4 is 0 Å². The van der Waals surface area contributed by atoms with E-state index in [1.54, 1.807) is 0 Å². The highest BCUT2D eigenvalue weighted by atomic mass is 32.2. The molecule has 0 spiro atoms. The second kappa shape index (κ2) is 4.31. The topological polar surface area (TPSA) is 76.3 Å². The van der Waals surface area contributed by atoms with Crippen molar-refractivity contribution in [1.82, 2.24) is 14.4 Å². The van der Waals surface area contributed by atoms with E-state index in [1.807, 2.05) is 0 Å². The lowest BCUT2D eigenvalue weighted by Crippen LogP contribution is -2.30. The third kappa shape index (κ3) is 2.05. The van der Waals surface area contributed by atoms with Gasteiger partial charge < -0.3 is 4.52 Å². The first-order valence-electron chi connectivity index (χ1n) is 6.36. The molecule has 6 nitrogen and oxygen atoms in total. The van der Waals surface area contributed by atoms with Gasteiger partial charge in [0.2, 0.25) is 15.9 Å². The minimum absolute atomic E-state index is 0.238. The van der Waals surface area contributed by atoms with Crippen molar-refractivity contribution in [2.24, 2.45) is 0 Å². The number of sulfonamides is 1. The van der Waals surface area contributed by atoms with Gasteiger partial charge in [-0.3, -0.25) is 0 Å². The Morgan fingerprint density at radius 2 is 2.06 bits per heavy atom. The van der Waals surface area contributed by atoms with Crippen molar-refractivity contribution in [3.05, 3.63) is 11.7 Å². The summed E-state index contributed by atoms with van der Waals surface area (Å²) in [7, 11) is -3.19. The first-order chi connectivity index (χ1) is 8.55. The summed E-state index contributed by atoms with van der Waals surface area (Å²) >= 11 is 0. The van der Waals surface area contributed by atoms with Gasteiger partial charge in [0, 0.05) is 12.5 Å². The lowest BCUT2D eigenvalue weighted by molar-refractivity contribution is 0.287. The molecule has 18 heavy (non-hydrogen) atoms. The Kier molecular flexibility index (Phi) is 2.90. The van der Waals surface area contributed by atoms with Gasteiger partial charge in [-0.2, -0.15) is 9.29 Å². The Bertz CT molecular complexity index is 535. The smallest absolute Gasteiger partial charge is 0.229 e. The first-order valence-corrected chi connectivity index (χ1v) is 8.21. The van der Waals surface area contributed by atoms with E-state index in [1.165, 1.54) is 17.0 Å². The lowest BCUT2D eigenvalue weighted by atomic mass is 9.85. The van der Waals surface area contributed by atoms with Gasteiger partial charge in [-0.15, -0.1) is 0 Å². The van der Waals surface area contributed by atoms with E-state index in [9.17, 15) is 8.42 Å². The molecule has 2 fully saturated rings. The SMILES string of the molecule is CS(=O)(=O)N1CCC[C@H]1c1noc(C2CCC2)n1. The second-order valence-electron chi connectivity index (χ2n) is 5.15. The number of hydrogen-bond donors (Lipinski definition) is 0. The summed E-state index contributed by atoms with van der Waals surface area (Å²) in [5, 5.41) is 3.97. The fraction of sp³-hybridized carbons (Fsp3) is 0.818. The van der Waals surface area contributed by atoms with Crippen molar-refractivity contribution < 1.29 is 12.9 Å². The molecule has 1 aliphatic carbocycles. The van der Waals surface area contributed by atoms with E-state index in [2.05, 4.69) is 10.1 Å². The first kappa shape index (κ1) is 12.1. The van der Waals surface area contributed by atoms with Crippen molar-refractivity contribution in [3.8, 4) is 0 Å². The minimum Gasteiger partial charge on any atom is -0.339 e. The Morgan fingerprint density at radius 1 is 1.28 bits per heavy atom. The van der Waals surface area contributed by atoms with Gasteiger partial charge in [0.15, 0.2) is 5.82 Å². The van der Waals surface area contributed by atoms with Crippen molar-refractivity contribution in [3.63, 3.8) is 0 Å². The number of hydrogen-bond acceptors (Lipinski definition) is 5. The summed E-state index contributed by atoms with van der Waals surface area (Å²) in [6.45, 7) is 0.552. The van der Waals surface area contributed by atoms with Gasteiger partial charge in [-0.1, -0.05) is 11.6 Å². The predicted octanol–water partition coefficient (Wildman–Crippen LogP) is 1.43. The van der Waals surface area contributed by atoms with Crippen LogP contribution in [-0.2, 0) is 10.0 Å². The molecule has 100 valence electrons. The highest BCUT2D eigenvalue weighted by molar-refractivity contribution is 7.88. The number of rotatable bonds is 3. The van der Waals surface area contributed by atoms with Crippen LogP contribution >= 0.6 is 0 Å². The van der Waals surface area contributed by atoms with Gasteiger partial charge in [-0.05, 0) is 25.7 Å². The molecular weight excluding hydrogens is 254 g/mol. The standard InChI is InChI=1S/C11H17N3O3S/c1-18(15,16)14-7-3-6-9(14)10-12-11(17-13-10)8-4-2-5-8/h8-9H,2-7H2,1H3/t9-/m0/s1. The van der Waals surface area contributed by atoms with Crippen molar-refractivity contribution in [1.29, 1.82) is 0 Å². The largest absolute Gasteiger partial charge is 0.339 e. The molecule has 2 heterocycles. The third-order valence-electron chi connectivity index (χ3n) is 3.84. The molecule has 1 saturated heterocycles. The summed E-state index contributed by atoms with van der Waals surface area (Å²) in [5.41, 5.74) is 0. The molecule has 1 saturated carbocycles. The highest BCUT2D eigenvalue weighted by Crippen LogP contribution is 2.37. The van der Waals surface area contributed by atoms with E-state index in [0.717, 1.165) is 25.7 Å². The van der Waals surface area contributed by atoms with Gasteiger partial charge >= 0.3 is 0 Å². The van der Waals surface area contributed by atoms with Crippen LogP contribution in [0.2, 0.25) is 0 Å². The summed E-state index contributed by atoms with van der Waals surface area (Å²) < 4.78 is 30.1. The zero-order chi connectivity index (χ0) is 12.8. The van der Waals surface area contributed by atoms with Gasteiger partial charge in [0.25, 0.3) is 0 Å². The quantitative estimate of drug-likeness (QED) is 0.831. The molecule has 0 aromatic carbocycles. The van der Waals surface area contributed by atoms with Crippen molar-refractivity contribution in [2.45, 2.75) is 44.1 Å². The van der Waals surface area contributed by atoms with Crippen LogP contribution in [0.4, 0.5) is 0 Å². The molecular formula is C11H17N3O3S. The van der Waals surface area contributed by atoms with Gasteiger partial charge in [0.05, 0.1) is 12.3 Å². The predicted molar refractivity (Wildman–Crippen MR) is 64.4 cm³/mol. The average Bonchev–Trinajstić information content (AvgIpc) is 2.78. The lowest BCUT2D eigenvalue weighted by Gasteiger charge is -2.21. The molecule has 0 N–H and O–H groups in total. The average molecular weight is 271 g/mol. The van der Waals surface area contributed by atoms with Crippen LogP contribution in [0.5, 0.6) is 0 Å². The van der Waals surface area contributed by atoms with Crippen LogP contribution in [0.25, 0.3) is 0 Å². The van der Waals surface area contributed by atoms with Crippen LogP contribution in [0.1, 0.15) is 55.8 Å². The molecule has 1 aliphatic heterocycles. The van der Waals surface area contributed by atoms with Gasteiger partial charge in [0.1, 0.15) is 0 Å². The Morgan fingerprint density at radius 3 is 2.67 bits per heavy atom. The Labute approximate surface area is 106 Å². The zero-order valence-corrected chi connectivity index (χ0v) is 11.2. The summed E-state index contributed by atoms with van der Waals surface area (Å²) in [6.07, 6.45) is 6.27. The molecule has 0 radical (unpaired) electrons. The third-order valence-corrected chi connectivity index (χ3v) is 5.13. The van der Waals surface area contributed by atoms with Crippen LogP contribution in [0, 0.1) is 0 Å². The van der Waals surface area contributed by atoms with Crippen molar-refractivity contribution in [2.75, 3.05) is 12.8 Å². The molecule has 0 unspecified atom stereocenters. The Hall–Kier alpha value is -0.950. The Balaban J connectivity index is 1.83. The van der Waals surface area contributed by atoms with Crippen LogP contribution in [-0.4, -0.2) is 35.7 Å². The molecule has 1 aromatic heterocycles. The molecule has 0 bridgehead atoms. The second-order valence-corrected chi connectivity index (χ2v) is 7.09. The summed E-state index contributed by atoms with van der Waals surface area (Å²) in [4.78, 5) is 4.39. The van der Waals surface area contributed by atoms with E-state index in [-0.39, 0.29) is 6.04 Å². The highest BCUT2D eigenvalue weighted by Gasteiger charge is 2.36. The summed E-state index contributed by atoms with van der Waals surface area (Å²) in [5.74, 6) is 1.59. The molecule has 2 aliphatic rings. The number of aromatic nitrogens is 2.